The number of carboxylic acid groups (broad SMARTS) is 2. The zero-order valence-corrected chi connectivity index (χ0v) is 12.2. The molecule has 0 aliphatic rings. The van der Waals surface area contributed by atoms with Gasteiger partial charge in [0.1, 0.15) is 0 Å². The fourth-order valence-electron chi connectivity index (χ4n) is 2.50. The molecule has 0 spiro atoms. The Labute approximate surface area is 116 Å². The normalized spacial score (nSPS) is 12.6. The molecule has 4 nitrogen and oxygen atoms in total. The predicted molar refractivity (Wildman–Crippen MR) is 75.2 cm³/mol. The lowest BCUT2D eigenvalue weighted by atomic mass is 9.82. The highest BCUT2D eigenvalue weighted by Gasteiger charge is 2.29. The van der Waals surface area contributed by atoms with Crippen LogP contribution in [0.5, 0.6) is 0 Å². The van der Waals surface area contributed by atoms with E-state index in [1.807, 2.05) is 0 Å². The van der Waals surface area contributed by atoms with Gasteiger partial charge in [-0.25, -0.2) is 0 Å². The van der Waals surface area contributed by atoms with Crippen LogP contribution in [-0.4, -0.2) is 22.2 Å². The maximum atomic E-state index is 11.3. The molecule has 0 heterocycles. The molecule has 0 aromatic carbocycles. The van der Waals surface area contributed by atoms with Crippen molar-refractivity contribution in [2.45, 2.75) is 71.6 Å². The lowest BCUT2D eigenvalue weighted by Gasteiger charge is -2.23. The fourth-order valence-corrected chi connectivity index (χ4v) is 2.50. The van der Waals surface area contributed by atoms with E-state index in [4.69, 9.17) is 5.11 Å². The summed E-state index contributed by atoms with van der Waals surface area (Å²) in [4.78, 5) is 22.1. The van der Waals surface area contributed by atoms with Gasteiger partial charge in [0.25, 0.3) is 0 Å². The quantitative estimate of drug-likeness (QED) is 0.528. The fraction of sp³-hybridized carbons (Fsp3) is 0.867. The minimum atomic E-state index is -1.01. The Kier molecular flexibility index (Phi) is 10.2. The first-order valence-electron chi connectivity index (χ1n) is 7.47. The van der Waals surface area contributed by atoms with E-state index in [1.54, 1.807) is 0 Å². The van der Waals surface area contributed by atoms with Crippen LogP contribution in [0.25, 0.3) is 0 Å². The summed E-state index contributed by atoms with van der Waals surface area (Å²) in [6, 6.07) is 0. The third-order valence-corrected chi connectivity index (χ3v) is 3.64. The number of carbonyl (C=O) groups is 2. The summed E-state index contributed by atoms with van der Waals surface area (Å²) in [6.07, 6.45) is 7.78. The molecule has 2 N–H and O–H groups in total. The van der Waals surface area contributed by atoms with Gasteiger partial charge in [-0.05, 0) is 18.8 Å². The van der Waals surface area contributed by atoms with Crippen LogP contribution < -0.4 is 0 Å². The molecule has 0 bridgehead atoms. The monoisotopic (exact) mass is 272 g/mol. The highest BCUT2D eigenvalue weighted by molar-refractivity contribution is 5.77. The SMILES string of the molecule is CCCCCC(CCCCC)C(CC(=O)O)C(=O)O. The average molecular weight is 272 g/mol. The van der Waals surface area contributed by atoms with Crippen molar-refractivity contribution in [1.29, 1.82) is 0 Å². The van der Waals surface area contributed by atoms with Gasteiger partial charge in [-0.1, -0.05) is 52.4 Å². The first-order chi connectivity index (χ1) is 9.02. The largest absolute Gasteiger partial charge is 0.481 e. The number of rotatable bonds is 12. The minimum Gasteiger partial charge on any atom is -0.481 e. The molecule has 0 radical (unpaired) electrons. The van der Waals surface area contributed by atoms with E-state index in [0.29, 0.717) is 0 Å². The third-order valence-electron chi connectivity index (χ3n) is 3.64. The van der Waals surface area contributed by atoms with Crippen molar-refractivity contribution in [3.8, 4) is 0 Å². The molecule has 0 fully saturated rings. The van der Waals surface area contributed by atoms with Gasteiger partial charge in [0.15, 0.2) is 0 Å². The van der Waals surface area contributed by atoms with Gasteiger partial charge >= 0.3 is 11.9 Å². The lowest BCUT2D eigenvalue weighted by Crippen LogP contribution is -2.26. The number of aliphatic carboxylic acids is 2. The zero-order chi connectivity index (χ0) is 14.7. The van der Waals surface area contributed by atoms with Crippen molar-refractivity contribution in [3.05, 3.63) is 0 Å². The van der Waals surface area contributed by atoms with Crippen molar-refractivity contribution < 1.29 is 19.8 Å². The molecular formula is C15H28O4. The molecule has 4 heteroatoms. The molecule has 0 rings (SSSR count). The van der Waals surface area contributed by atoms with Crippen molar-refractivity contribution in [2.75, 3.05) is 0 Å². The van der Waals surface area contributed by atoms with E-state index < -0.39 is 17.9 Å². The Balaban J connectivity index is 4.52. The summed E-state index contributed by atoms with van der Waals surface area (Å²) >= 11 is 0. The summed E-state index contributed by atoms with van der Waals surface area (Å²) in [5.41, 5.74) is 0. The smallest absolute Gasteiger partial charge is 0.307 e. The molecule has 0 saturated carbocycles. The Hall–Kier alpha value is -1.06. The predicted octanol–water partition coefficient (Wildman–Crippen LogP) is 3.94. The van der Waals surface area contributed by atoms with Crippen LogP contribution in [0.15, 0.2) is 0 Å². The maximum absolute atomic E-state index is 11.3. The highest BCUT2D eigenvalue weighted by atomic mass is 16.4. The van der Waals surface area contributed by atoms with Crippen molar-refractivity contribution >= 4 is 11.9 Å². The van der Waals surface area contributed by atoms with E-state index in [2.05, 4.69) is 13.8 Å². The van der Waals surface area contributed by atoms with E-state index in [1.165, 1.54) is 0 Å². The van der Waals surface area contributed by atoms with Gasteiger partial charge in [0.2, 0.25) is 0 Å². The molecule has 19 heavy (non-hydrogen) atoms. The molecule has 112 valence electrons. The molecular weight excluding hydrogens is 244 g/mol. The van der Waals surface area contributed by atoms with Crippen LogP contribution in [0.3, 0.4) is 0 Å². The number of unbranched alkanes of at least 4 members (excludes halogenated alkanes) is 4. The average Bonchev–Trinajstić information content (AvgIpc) is 2.34. The van der Waals surface area contributed by atoms with Crippen molar-refractivity contribution in [1.82, 2.24) is 0 Å². The van der Waals surface area contributed by atoms with Gasteiger partial charge in [0.05, 0.1) is 12.3 Å². The van der Waals surface area contributed by atoms with Gasteiger partial charge in [0, 0.05) is 0 Å². The molecule has 0 aliphatic heterocycles. The van der Waals surface area contributed by atoms with Gasteiger partial charge < -0.3 is 10.2 Å². The Morgan fingerprint density at radius 2 is 1.37 bits per heavy atom. The van der Waals surface area contributed by atoms with Crippen LogP contribution in [0.2, 0.25) is 0 Å². The van der Waals surface area contributed by atoms with Gasteiger partial charge in [-0.15, -0.1) is 0 Å². The molecule has 0 amide bonds. The Bertz CT molecular complexity index is 253. The topological polar surface area (TPSA) is 74.6 Å². The van der Waals surface area contributed by atoms with Gasteiger partial charge in [-0.3, -0.25) is 9.59 Å². The van der Waals surface area contributed by atoms with Crippen LogP contribution in [0.4, 0.5) is 0 Å². The highest BCUT2D eigenvalue weighted by Crippen LogP contribution is 2.28. The van der Waals surface area contributed by atoms with Crippen molar-refractivity contribution in [2.24, 2.45) is 11.8 Å². The van der Waals surface area contributed by atoms with Crippen LogP contribution in [0, 0.1) is 11.8 Å². The minimum absolute atomic E-state index is 0.00620. The van der Waals surface area contributed by atoms with Crippen LogP contribution in [-0.2, 0) is 9.59 Å². The molecule has 0 aromatic heterocycles. The summed E-state index contributed by atoms with van der Waals surface area (Å²) in [5, 5.41) is 18.1. The second-order valence-electron chi connectivity index (χ2n) is 5.29. The summed E-state index contributed by atoms with van der Waals surface area (Å²) in [7, 11) is 0. The molecule has 1 unspecified atom stereocenters. The first-order valence-corrected chi connectivity index (χ1v) is 7.47. The summed E-state index contributed by atoms with van der Waals surface area (Å²) in [6.45, 7) is 4.22. The second kappa shape index (κ2) is 10.8. The van der Waals surface area contributed by atoms with E-state index in [-0.39, 0.29) is 12.3 Å². The molecule has 0 saturated heterocycles. The molecule has 1 atom stereocenters. The maximum Gasteiger partial charge on any atom is 0.307 e. The number of hydrogen-bond donors (Lipinski definition) is 2. The van der Waals surface area contributed by atoms with Gasteiger partial charge in [-0.2, -0.15) is 0 Å². The van der Waals surface area contributed by atoms with E-state index in [0.717, 1.165) is 51.4 Å². The van der Waals surface area contributed by atoms with Crippen LogP contribution >= 0.6 is 0 Å². The lowest BCUT2D eigenvalue weighted by molar-refractivity contribution is -0.150. The Morgan fingerprint density at radius 3 is 1.68 bits per heavy atom. The molecule has 0 aliphatic carbocycles. The summed E-state index contributed by atoms with van der Waals surface area (Å²) < 4.78 is 0. The van der Waals surface area contributed by atoms with E-state index in [9.17, 15) is 14.7 Å². The second-order valence-corrected chi connectivity index (χ2v) is 5.29. The molecule has 0 aromatic rings. The van der Waals surface area contributed by atoms with Crippen molar-refractivity contribution in [3.63, 3.8) is 0 Å². The Morgan fingerprint density at radius 1 is 0.895 bits per heavy atom. The standard InChI is InChI=1S/C15H28O4/c1-3-5-7-9-12(10-8-6-4-2)13(15(18)19)11-14(16)17/h12-13H,3-11H2,1-2H3,(H,16,17)(H,18,19). The number of hydrogen-bond acceptors (Lipinski definition) is 2. The van der Waals surface area contributed by atoms with Crippen LogP contribution in [0.1, 0.15) is 71.6 Å². The van der Waals surface area contributed by atoms with E-state index >= 15 is 0 Å². The number of carboxylic acids is 2. The zero-order valence-electron chi connectivity index (χ0n) is 12.2. The third kappa shape index (κ3) is 8.62. The summed E-state index contributed by atoms with van der Waals surface area (Å²) in [5.74, 6) is -2.69. The first kappa shape index (κ1) is 17.9.